The van der Waals surface area contributed by atoms with Gasteiger partial charge in [-0.2, -0.15) is 0 Å². The highest BCUT2D eigenvalue weighted by Gasteiger charge is 2.07. The van der Waals surface area contributed by atoms with E-state index in [9.17, 15) is 0 Å². The van der Waals surface area contributed by atoms with E-state index in [0.29, 0.717) is 6.04 Å². The first-order valence-corrected chi connectivity index (χ1v) is 5.82. The van der Waals surface area contributed by atoms with E-state index in [4.69, 9.17) is 4.74 Å². The van der Waals surface area contributed by atoms with Crippen LogP contribution in [0.3, 0.4) is 0 Å². The van der Waals surface area contributed by atoms with Crippen LogP contribution in [0.2, 0.25) is 0 Å². The fourth-order valence-corrected chi connectivity index (χ4v) is 1.71. The molecule has 0 saturated carbocycles. The van der Waals surface area contributed by atoms with Crippen molar-refractivity contribution >= 4 is 0 Å². The van der Waals surface area contributed by atoms with E-state index < -0.39 is 0 Å². The number of rotatable bonds is 5. The molecule has 0 aromatic heterocycles. The number of ether oxygens (including phenoxy) is 1. The Morgan fingerprint density at radius 2 is 2.14 bits per heavy atom. The summed E-state index contributed by atoms with van der Waals surface area (Å²) in [5, 5.41) is 3.44. The molecule has 0 amide bonds. The molecule has 0 aromatic carbocycles. The molecule has 1 aliphatic heterocycles. The maximum Gasteiger partial charge on any atom is 0.0593 e. The van der Waals surface area contributed by atoms with Crippen LogP contribution in [0.4, 0.5) is 0 Å². The predicted octanol–water partition coefficient (Wildman–Crippen LogP) is 1.10. The van der Waals surface area contributed by atoms with Gasteiger partial charge in [0, 0.05) is 25.7 Å². The van der Waals surface area contributed by atoms with E-state index in [-0.39, 0.29) is 0 Å². The SMILES string of the molecule is CC(C)NCCCN1CCCOCC1. The lowest BCUT2D eigenvalue weighted by Crippen LogP contribution is -2.31. The van der Waals surface area contributed by atoms with Crippen LogP contribution in [-0.2, 0) is 4.74 Å². The maximum absolute atomic E-state index is 5.41. The van der Waals surface area contributed by atoms with Gasteiger partial charge in [-0.15, -0.1) is 0 Å². The zero-order valence-electron chi connectivity index (χ0n) is 9.59. The van der Waals surface area contributed by atoms with Crippen LogP contribution in [-0.4, -0.2) is 50.3 Å². The summed E-state index contributed by atoms with van der Waals surface area (Å²) in [7, 11) is 0. The molecule has 84 valence electrons. The number of nitrogens with zero attached hydrogens (tertiary/aromatic N) is 1. The first-order valence-electron chi connectivity index (χ1n) is 5.82. The molecule has 1 saturated heterocycles. The minimum atomic E-state index is 0.613. The maximum atomic E-state index is 5.41. The van der Waals surface area contributed by atoms with Crippen LogP contribution < -0.4 is 5.32 Å². The molecular weight excluding hydrogens is 176 g/mol. The number of hydrogen-bond acceptors (Lipinski definition) is 3. The van der Waals surface area contributed by atoms with Gasteiger partial charge in [-0.25, -0.2) is 0 Å². The second-order valence-corrected chi connectivity index (χ2v) is 4.27. The molecule has 0 aliphatic carbocycles. The van der Waals surface area contributed by atoms with Gasteiger partial charge in [0.2, 0.25) is 0 Å². The van der Waals surface area contributed by atoms with Gasteiger partial charge in [-0.05, 0) is 25.9 Å². The minimum Gasteiger partial charge on any atom is -0.380 e. The standard InChI is InChI=1S/C11H24N2O/c1-11(2)12-5-3-6-13-7-4-9-14-10-8-13/h11-12H,3-10H2,1-2H3. The highest BCUT2D eigenvalue weighted by Crippen LogP contribution is 1.99. The molecule has 1 rings (SSSR count). The summed E-state index contributed by atoms with van der Waals surface area (Å²) < 4.78 is 5.41. The van der Waals surface area contributed by atoms with Crippen LogP contribution in [0, 0.1) is 0 Å². The van der Waals surface area contributed by atoms with Crippen LogP contribution in [0.25, 0.3) is 0 Å². The Hall–Kier alpha value is -0.120. The second kappa shape index (κ2) is 7.21. The largest absolute Gasteiger partial charge is 0.380 e. The van der Waals surface area contributed by atoms with Crippen molar-refractivity contribution in [2.75, 3.05) is 39.4 Å². The van der Waals surface area contributed by atoms with Crippen molar-refractivity contribution in [1.29, 1.82) is 0 Å². The van der Waals surface area contributed by atoms with Gasteiger partial charge >= 0.3 is 0 Å². The van der Waals surface area contributed by atoms with Crippen molar-refractivity contribution in [1.82, 2.24) is 10.2 Å². The van der Waals surface area contributed by atoms with Gasteiger partial charge in [0.05, 0.1) is 6.61 Å². The monoisotopic (exact) mass is 200 g/mol. The van der Waals surface area contributed by atoms with E-state index in [2.05, 4.69) is 24.1 Å². The van der Waals surface area contributed by atoms with Crippen LogP contribution in [0.1, 0.15) is 26.7 Å². The van der Waals surface area contributed by atoms with Crippen molar-refractivity contribution < 1.29 is 4.74 Å². The lowest BCUT2D eigenvalue weighted by Gasteiger charge is -2.19. The Balaban J connectivity index is 1.99. The Morgan fingerprint density at radius 3 is 2.93 bits per heavy atom. The van der Waals surface area contributed by atoms with Crippen LogP contribution in [0.5, 0.6) is 0 Å². The first kappa shape index (κ1) is 12.0. The van der Waals surface area contributed by atoms with Gasteiger partial charge < -0.3 is 15.0 Å². The molecule has 0 radical (unpaired) electrons. The third-order valence-corrected chi connectivity index (χ3v) is 2.52. The van der Waals surface area contributed by atoms with E-state index in [1.54, 1.807) is 0 Å². The van der Waals surface area contributed by atoms with Crippen LogP contribution >= 0.6 is 0 Å². The Labute approximate surface area is 87.8 Å². The third kappa shape index (κ3) is 5.58. The molecule has 14 heavy (non-hydrogen) atoms. The second-order valence-electron chi connectivity index (χ2n) is 4.27. The van der Waals surface area contributed by atoms with Gasteiger partial charge in [-0.1, -0.05) is 13.8 Å². The average Bonchev–Trinajstić information content (AvgIpc) is 2.40. The van der Waals surface area contributed by atoms with Gasteiger partial charge in [0.25, 0.3) is 0 Å². The molecule has 3 heteroatoms. The molecule has 0 aromatic rings. The van der Waals surface area contributed by atoms with Crippen molar-refractivity contribution in [3.05, 3.63) is 0 Å². The zero-order chi connectivity index (χ0) is 10.2. The number of nitrogens with one attached hydrogen (secondary N) is 1. The molecule has 1 heterocycles. The minimum absolute atomic E-state index is 0.613. The van der Waals surface area contributed by atoms with Crippen molar-refractivity contribution in [2.45, 2.75) is 32.7 Å². The molecule has 0 unspecified atom stereocenters. The van der Waals surface area contributed by atoms with E-state index >= 15 is 0 Å². The fourth-order valence-electron chi connectivity index (χ4n) is 1.71. The van der Waals surface area contributed by atoms with E-state index in [0.717, 1.165) is 26.3 Å². The molecule has 0 bridgehead atoms. The van der Waals surface area contributed by atoms with E-state index in [1.165, 1.54) is 25.9 Å². The molecule has 1 fully saturated rings. The summed E-state index contributed by atoms with van der Waals surface area (Å²) in [6.07, 6.45) is 2.44. The lowest BCUT2D eigenvalue weighted by atomic mass is 10.3. The smallest absolute Gasteiger partial charge is 0.0593 e. The van der Waals surface area contributed by atoms with Gasteiger partial charge in [0.1, 0.15) is 0 Å². The Bertz CT molecular complexity index is 131. The topological polar surface area (TPSA) is 24.5 Å². The highest BCUT2D eigenvalue weighted by atomic mass is 16.5. The number of hydrogen-bond donors (Lipinski definition) is 1. The third-order valence-electron chi connectivity index (χ3n) is 2.52. The molecule has 3 nitrogen and oxygen atoms in total. The fraction of sp³-hybridized carbons (Fsp3) is 1.00. The molecule has 0 atom stereocenters. The van der Waals surface area contributed by atoms with Gasteiger partial charge in [-0.3, -0.25) is 0 Å². The summed E-state index contributed by atoms with van der Waals surface area (Å²) in [6, 6.07) is 0.613. The van der Waals surface area contributed by atoms with E-state index in [1.807, 2.05) is 0 Å². The summed E-state index contributed by atoms with van der Waals surface area (Å²) in [5.41, 5.74) is 0. The highest BCUT2D eigenvalue weighted by molar-refractivity contribution is 4.62. The Morgan fingerprint density at radius 1 is 1.29 bits per heavy atom. The van der Waals surface area contributed by atoms with Crippen LogP contribution in [0.15, 0.2) is 0 Å². The average molecular weight is 200 g/mol. The summed E-state index contributed by atoms with van der Waals surface area (Å²) in [4.78, 5) is 2.51. The first-order chi connectivity index (χ1) is 6.79. The summed E-state index contributed by atoms with van der Waals surface area (Å²) >= 11 is 0. The summed E-state index contributed by atoms with van der Waals surface area (Å²) in [5.74, 6) is 0. The molecule has 0 spiro atoms. The van der Waals surface area contributed by atoms with Gasteiger partial charge in [0.15, 0.2) is 0 Å². The molecule has 1 N–H and O–H groups in total. The van der Waals surface area contributed by atoms with Crippen molar-refractivity contribution in [2.24, 2.45) is 0 Å². The zero-order valence-corrected chi connectivity index (χ0v) is 9.59. The molecule has 1 aliphatic rings. The molecular formula is C11H24N2O. The summed E-state index contributed by atoms with van der Waals surface area (Å²) in [6.45, 7) is 10.9. The Kier molecular flexibility index (Phi) is 6.15. The quantitative estimate of drug-likeness (QED) is 0.673. The van der Waals surface area contributed by atoms with Crippen molar-refractivity contribution in [3.8, 4) is 0 Å². The lowest BCUT2D eigenvalue weighted by molar-refractivity contribution is 0.141. The normalized spacial score (nSPS) is 19.9. The predicted molar refractivity (Wildman–Crippen MR) is 59.6 cm³/mol. The van der Waals surface area contributed by atoms with Crippen molar-refractivity contribution in [3.63, 3.8) is 0 Å².